The molecule has 41 valence electrons. The zero-order valence-corrected chi connectivity index (χ0v) is 4.44. The van der Waals surface area contributed by atoms with Crippen LogP contribution in [0.4, 0.5) is 0 Å². The van der Waals surface area contributed by atoms with Crippen molar-refractivity contribution in [3.05, 3.63) is 0 Å². The first-order chi connectivity index (χ1) is 2.00. The van der Waals surface area contributed by atoms with Crippen LogP contribution in [0, 0.1) is 0 Å². The topological polar surface area (TPSA) is 106 Å². The summed E-state index contributed by atoms with van der Waals surface area (Å²) >= 11 is 0. The van der Waals surface area contributed by atoms with Gasteiger partial charge in [0.25, 0.3) is 0 Å². The molecule has 4 N–H and O–H groups in total. The predicted molar refractivity (Wildman–Crippen MR) is 23.5 cm³/mol. The smallest absolute Gasteiger partial charge is 0.394 e. The molecule has 0 unspecified atom stereocenters. The molecule has 0 aromatic carbocycles. The number of hydrogen-bond acceptors (Lipinski definition) is 2. The Hall–Kier alpha value is 0.427. The molecule has 0 aromatic rings. The molecule has 0 saturated carbocycles. The SMILES string of the molecule is O.O=S(=O)(O)O.[Li]. The van der Waals surface area contributed by atoms with Crippen molar-refractivity contribution in [1.82, 2.24) is 0 Å². The summed E-state index contributed by atoms with van der Waals surface area (Å²) in [6.45, 7) is 0. The molecule has 0 fully saturated rings. The van der Waals surface area contributed by atoms with E-state index in [0.29, 0.717) is 0 Å². The van der Waals surface area contributed by atoms with Crippen LogP contribution in [0.5, 0.6) is 0 Å². The van der Waals surface area contributed by atoms with E-state index in [0.717, 1.165) is 0 Å². The zero-order chi connectivity index (χ0) is 4.50. The van der Waals surface area contributed by atoms with Crippen LogP contribution in [0.25, 0.3) is 0 Å². The maximum atomic E-state index is 8.74. The largest absolute Gasteiger partial charge is 0.412 e. The van der Waals surface area contributed by atoms with Crippen LogP contribution in [0.2, 0.25) is 0 Å². The van der Waals surface area contributed by atoms with Crippen molar-refractivity contribution in [3.8, 4) is 0 Å². The van der Waals surface area contributed by atoms with Crippen LogP contribution >= 0.6 is 0 Å². The number of rotatable bonds is 0. The van der Waals surface area contributed by atoms with Gasteiger partial charge in [-0.05, 0) is 0 Å². The van der Waals surface area contributed by atoms with Gasteiger partial charge in [0, 0.05) is 18.9 Å². The molecule has 0 saturated heterocycles. The summed E-state index contributed by atoms with van der Waals surface area (Å²) in [5.74, 6) is 0. The van der Waals surface area contributed by atoms with Crippen LogP contribution in [-0.2, 0) is 10.4 Å². The van der Waals surface area contributed by atoms with E-state index >= 15 is 0 Å². The van der Waals surface area contributed by atoms with Crippen LogP contribution in [0.15, 0.2) is 0 Å². The quantitative estimate of drug-likeness (QED) is 0.291. The normalized spacial score (nSPS) is 8.29. The number of hydrogen-bond donors (Lipinski definition) is 2. The summed E-state index contributed by atoms with van der Waals surface area (Å²) in [5.41, 5.74) is 0. The van der Waals surface area contributed by atoms with Gasteiger partial charge in [-0.1, -0.05) is 0 Å². The molecule has 0 rings (SSSR count). The molecule has 7 heteroatoms. The van der Waals surface area contributed by atoms with Gasteiger partial charge in [0.05, 0.1) is 0 Å². The Morgan fingerprint density at radius 1 is 1.14 bits per heavy atom. The monoisotopic (exact) mass is 123 g/mol. The molecule has 0 aliphatic carbocycles. The maximum absolute atomic E-state index is 8.74. The Morgan fingerprint density at radius 3 is 1.14 bits per heavy atom. The standard InChI is InChI=1S/Li.H2O4S.H2O/c;1-5(2,3)4;/h;(H2,1,2,3,4);1H2. The summed E-state index contributed by atoms with van der Waals surface area (Å²) in [5, 5.41) is 0. The summed E-state index contributed by atoms with van der Waals surface area (Å²) in [6, 6.07) is 0. The Kier molecular flexibility index (Phi) is 10.2. The third kappa shape index (κ3) is 690. The van der Waals surface area contributed by atoms with Crippen molar-refractivity contribution < 1.29 is 23.0 Å². The molecule has 0 bridgehead atoms. The third-order valence-electron chi connectivity index (χ3n) is 0. The van der Waals surface area contributed by atoms with E-state index in [4.69, 9.17) is 17.5 Å². The Bertz CT molecular complexity index is 91.2. The molecule has 0 atom stereocenters. The van der Waals surface area contributed by atoms with Crippen LogP contribution < -0.4 is 0 Å². The molecule has 1 radical (unpaired) electrons. The van der Waals surface area contributed by atoms with E-state index in [1.54, 1.807) is 0 Å². The van der Waals surface area contributed by atoms with Crippen molar-refractivity contribution in [2.75, 3.05) is 0 Å². The minimum Gasteiger partial charge on any atom is -0.412 e. The van der Waals surface area contributed by atoms with E-state index in [9.17, 15) is 0 Å². The Labute approximate surface area is 52.8 Å². The van der Waals surface area contributed by atoms with Crippen molar-refractivity contribution >= 4 is 29.3 Å². The van der Waals surface area contributed by atoms with E-state index in [2.05, 4.69) is 0 Å². The molecular formula is H4LiO5S. The van der Waals surface area contributed by atoms with E-state index in [-0.39, 0.29) is 24.3 Å². The first-order valence-electron chi connectivity index (χ1n) is 0.698. The first kappa shape index (κ1) is 15.7. The van der Waals surface area contributed by atoms with E-state index in [1.807, 2.05) is 0 Å². The summed E-state index contributed by atoms with van der Waals surface area (Å²) in [6.07, 6.45) is 0. The van der Waals surface area contributed by atoms with Gasteiger partial charge < -0.3 is 5.48 Å². The van der Waals surface area contributed by atoms with Crippen molar-refractivity contribution in [3.63, 3.8) is 0 Å². The molecule has 5 nitrogen and oxygen atoms in total. The summed E-state index contributed by atoms with van der Waals surface area (Å²) < 4.78 is 31.6. The molecule has 0 amide bonds. The van der Waals surface area contributed by atoms with Gasteiger partial charge in [0.1, 0.15) is 0 Å². The average Bonchev–Trinajstić information content (AvgIpc) is 0.722. The molecule has 0 spiro atoms. The predicted octanol–water partition coefficient (Wildman–Crippen LogP) is -1.86. The fourth-order valence-electron chi connectivity index (χ4n) is 0. The molecular weight excluding hydrogens is 119 g/mol. The van der Waals surface area contributed by atoms with Crippen LogP contribution in [-0.4, -0.2) is 41.9 Å². The van der Waals surface area contributed by atoms with E-state index < -0.39 is 10.4 Å². The van der Waals surface area contributed by atoms with Crippen molar-refractivity contribution in [2.45, 2.75) is 0 Å². The average molecular weight is 123 g/mol. The molecule has 0 aliphatic heterocycles. The summed E-state index contributed by atoms with van der Waals surface area (Å²) in [4.78, 5) is 0. The van der Waals surface area contributed by atoms with Gasteiger partial charge in [0.15, 0.2) is 0 Å². The second kappa shape index (κ2) is 4.58. The van der Waals surface area contributed by atoms with Gasteiger partial charge in [-0.2, -0.15) is 8.42 Å². The minimum absolute atomic E-state index is 0. The molecule has 0 aromatic heterocycles. The first-order valence-corrected chi connectivity index (χ1v) is 2.10. The van der Waals surface area contributed by atoms with Gasteiger partial charge >= 0.3 is 10.4 Å². The van der Waals surface area contributed by atoms with Gasteiger partial charge in [-0.15, -0.1) is 0 Å². The van der Waals surface area contributed by atoms with Gasteiger partial charge in [0.2, 0.25) is 0 Å². The fourth-order valence-corrected chi connectivity index (χ4v) is 0. The molecule has 0 heterocycles. The van der Waals surface area contributed by atoms with Crippen molar-refractivity contribution in [2.24, 2.45) is 0 Å². The van der Waals surface area contributed by atoms with Crippen LogP contribution in [0.1, 0.15) is 0 Å². The van der Waals surface area contributed by atoms with Gasteiger partial charge in [-0.25, -0.2) is 0 Å². The third-order valence-corrected chi connectivity index (χ3v) is 0. The maximum Gasteiger partial charge on any atom is 0.394 e. The molecule has 0 aliphatic rings. The van der Waals surface area contributed by atoms with Gasteiger partial charge in [-0.3, -0.25) is 9.11 Å². The van der Waals surface area contributed by atoms with Crippen molar-refractivity contribution in [1.29, 1.82) is 0 Å². The second-order valence-electron chi connectivity index (χ2n) is 0.448. The van der Waals surface area contributed by atoms with E-state index in [1.165, 1.54) is 0 Å². The Balaban J connectivity index is -0.0000000800. The zero-order valence-electron chi connectivity index (χ0n) is 3.62. The second-order valence-corrected chi connectivity index (χ2v) is 1.34. The Morgan fingerprint density at radius 2 is 1.14 bits per heavy atom. The minimum atomic E-state index is -4.67. The fraction of sp³-hybridized carbons (Fsp3) is 0. The summed E-state index contributed by atoms with van der Waals surface area (Å²) in [7, 11) is -4.67. The molecule has 7 heavy (non-hydrogen) atoms. The van der Waals surface area contributed by atoms with Crippen LogP contribution in [0.3, 0.4) is 0 Å².